The Labute approximate surface area is 97.0 Å². The zero-order valence-electron chi connectivity index (χ0n) is 9.09. The number of rotatable bonds is 3. The van der Waals surface area contributed by atoms with Gasteiger partial charge in [0.15, 0.2) is 0 Å². The third-order valence-corrected chi connectivity index (χ3v) is 2.47. The molecule has 1 aromatic carbocycles. The number of nitrogens with one attached hydrogen (secondary N) is 1. The number of benzene rings is 1. The highest BCUT2D eigenvalue weighted by Crippen LogP contribution is 2.04. The first-order valence-corrected chi connectivity index (χ1v) is 5.16. The lowest BCUT2D eigenvalue weighted by molar-refractivity contribution is -0.121. The summed E-state index contributed by atoms with van der Waals surface area (Å²) in [7, 11) is 0. The second-order valence-electron chi connectivity index (χ2n) is 3.58. The fourth-order valence-electron chi connectivity index (χ4n) is 1.56. The van der Waals surface area contributed by atoms with Crippen molar-refractivity contribution >= 4 is 16.8 Å². The summed E-state index contributed by atoms with van der Waals surface area (Å²) >= 11 is 0. The van der Waals surface area contributed by atoms with Crippen LogP contribution >= 0.6 is 0 Å². The van der Waals surface area contributed by atoms with Crippen LogP contribution in [0, 0.1) is 0 Å². The molecule has 0 aliphatic heterocycles. The minimum absolute atomic E-state index is 0.149. The van der Waals surface area contributed by atoms with Gasteiger partial charge in [0.1, 0.15) is 0 Å². The quantitative estimate of drug-likeness (QED) is 0.435. The van der Waals surface area contributed by atoms with Gasteiger partial charge in [0.05, 0.1) is 17.2 Å². The van der Waals surface area contributed by atoms with Gasteiger partial charge in [0, 0.05) is 13.0 Å². The van der Waals surface area contributed by atoms with Crippen molar-refractivity contribution in [3.05, 3.63) is 40.9 Å². The Morgan fingerprint density at radius 1 is 1.41 bits per heavy atom. The number of nitrogens with zero attached hydrogens (tertiary/aromatic N) is 2. The van der Waals surface area contributed by atoms with E-state index in [0.29, 0.717) is 10.9 Å². The summed E-state index contributed by atoms with van der Waals surface area (Å²) in [5, 5.41) is 0.545. The van der Waals surface area contributed by atoms with E-state index < -0.39 is 0 Å². The van der Waals surface area contributed by atoms with Gasteiger partial charge in [0.25, 0.3) is 5.56 Å². The minimum atomic E-state index is -0.315. The number of amides is 1. The number of aromatic nitrogens is 2. The number of nitrogens with two attached hydrogens (primary N) is 1. The standard InChI is InChI=1S/C11H12N4O2/c12-14-10(16)5-6-15-7-13-9-4-2-1-3-8(9)11(15)17/h1-4,7H,5-6,12H2,(H,14,16). The van der Waals surface area contributed by atoms with E-state index in [2.05, 4.69) is 4.98 Å². The third kappa shape index (κ3) is 2.31. The van der Waals surface area contributed by atoms with Gasteiger partial charge in [-0.05, 0) is 12.1 Å². The van der Waals surface area contributed by atoms with Crippen molar-refractivity contribution in [2.24, 2.45) is 5.84 Å². The number of hydrazine groups is 1. The molecular weight excluding hydrogens is 220 g/mol. The Morgan fingerprint density at radius 3 is 2.94 bits per heavy atom. The molecule has 1 aromatic heterocycles. The number of para-hydroxylation sites is 1. The molecule has 6 nitrogen and oxygen atoms in total. The minimum Gasteiger partial charge on any atom is -0.298 e. The molecule has 1 amide bonds. The Bertz CT molecular complexity index is 606. The normalized spacial score (nSPS) is 10.4. The topological polar surface area (TPSA) is 90.0 Å². The largest absolute Gasteiger partial charge is 0.298 e. The maximum absolute atomic E-state index is 12.0. The van der Waals surface area contributed by atoms with Crippen LogP contribution in [0.5, 0.6) is 0 Å². The lowest BCUT2D eigenvalue weighted by Crippen LogP contribution is -2.32. The van der Waals surface area contributed by atoms with Crippen LogP contribution in [0.3, 0.4) is 0 Å². The van der Waals surface area contributed by atoms with Gasteiger partial charge < -0.3 is 0 Å². The van der Waals surface area contributed by atoms with E-state index in [1.807, 2.05) is 11.5 Å². The number of hydrogen-bond donors (Lipinski definition) is 2. The molecule has 88 valence electrons. The number of fused-ring (bicyclic) bond motifs is 1. The first kappa shape index (κ1) is 11.3. The van der Waals surface area contributed by atoms with Gasteiger partial charge in [-0.3, -0.25) is 19.6 Å². The van der Waals surface area contributed by atoms with E-state index in [1.54, 1.807) is 18.2 Å². The first-order chi connectivity index (χ1) is 8.22. The van der Waals surface area contributed by atoms with E-state index in [-0.39, 0.29) is 24.4 Å². The van der Waals surface area contributed by atoms with Crippen molar-refractivity contribution < 1.29 is 4.79 Å². The smallest absolute Gasteiger partial charge is 0.261 e. The molecule has 0 radical (unpaired) electrons. The summed E-state index contributed by atoms with van der Waals surface area (Å²) in [5.41, 5.74) is 2.51. The molecule has 0 unspecified atom stereocenters. The Morgan fingerprint density at radius 2 is 2.18 bits per heavy atom. The predicted octanol–water partition coefficient (Wildman–Crippen LogP) is -0.224. The first-order valence-electron chi connectivity index (χ1n) is 5.16. The van der Waals surface area contributed by atoms with Crippen molar-refractivity contribution in [3.8, 4) is 0 Å². The van der Waals surface area contributed by atoms with Crippen LogP contribution < -0.4 is 16.8 Å². The maximum Gasteiger partial charge on any atom is 0.261 e. The van der Waals surface area contributed by atoms with Gasteiger partial charge in [-0.2, -0.15) is 0 Å². The Kier molecular flexibility index (Phi) is 3.15. The highest BCUT2D eigenvalue weighted by Gasteiger charge is 2.04. The molecule has 0 aliphatic carbocycles. The Balaban J connectivity index is 2.33. The van der Waals surface area contributed by atoms with Crippen LogP contribution in [0.2, 0.25) is 0 Å². The predicted molar refractivity (Wildman–Crippen MR) is 63.0 cm³/mol. The zero-order chi connectivity index (χ0) is 12.3. The van der Waals surface area contributed by atoms with Gasteiger partial charge in [-0.1, -0.05) is 12.1 Å². The van der Waals surface area contributed by atoms with Crippen molar-refractivity contribution in [3.63, 3.8) is 0 Å². The number of aryl methyl sites for hydroxylation is 1. The average molecular weight is 232 g/mol. The average Bonchev–Trinajstić information content (AvgIpc) is 2.38. The second kappa shape index (κ2) is 4.75. The zero-order valence-corrected chi connectivity index (χ0v) is 9.09. The number of hydrogen-bond acceptors (Lipinski definition) is 4. The van der Waals surface area contributed by atoms with E-state index >= 15 is 0 Å². The van der Waals surface area contributed by atoms with Crippen molar-refractivity contribution in [1.82, 2.24) is 15.0 Å². The molecular formula is C11H12N4O2. The fourth-order valence-corrected chi connectivity index (χ4v) is 1.56. The fraction of sp³-hybridized carbons (Fsp3) is 0.182. The van der Waals surface area contributed by atoms with Gasteiger partial charge in [-0.25, -0.2) is 10.8 Å². The van der Waals surface area contributed by atoms with Crippen molar-refractivity contribution in [2.45, 2.75) is 13.0 Å². The summed E-state index contributed by atoms with van der Waals surface area (Å²) in [6.07, 6.45) is 1.59. The molecule has 0 fully saturated rings. The molecule has 2 rings (SSSR count). The SMILES string of the molecule is NNC(=O)CCn1cnc2ccccc2c1=O. The van der Waals surface area contributed by atoms with E-state index in [1.165, 1.54) is 10.9 Å². The van der Waals surface area contributed by atoms with Gasteiger partial charge >= 0.3 is 0 Å². The summed E-state index contributed by atoms with van der Waals surface area (Å²) in [4.78, 5) is 27.1. The lowest BCUT2D eigenvalue weighted by Gasteiger charge is -2.05. The Hall–Kier alpha value is -2.21. The summed E-state index contributed by atoms with van der Waals surface area (Å²) in [6, 6.07) is 7.08. The number of carbonyl (C=O) groups excluding carboxylic acids is 1. The molecule has 0 aliphatic rings. The molecule has 0 atom stereocenters. The van der Waals surface area contributed by atoms with E-state index in [0.717, 1.165) is 0 Å². The highest BCUT2D eigenvalue weighted by molar-refractivity contribution is 5.77. The third-order valence-electron chi connectivity index (χ3n) is 2.47. The van der Waals surface area contributed by atoms with Crippen LogP contribution in [0.4, 0.5) is 0 Å². The van der Waals surface area contributed by atoms with Crippen LogP contribution in [-0.2, 0) is 11.3 Å². The molecule has 2 aromatic rings. The summed E-state index contributed by atoms with van der Waals surface area (Å²) < 4.78 is 1.40. The summed E-state index contributed by atoms with van der Waals surface area (Å²) in [6.45, 7) is 0.264. The lowest BCUT2D eigenvalue weighted by atomic mass is 10.2. The van der Waals surface area contributed by atoms with Crippen molar-refractivity contribution in [2.75, 3.05) is 0 Å². The second-order valence-corrected chi connectivity index (χ2v) is 3.58. The molecule has 6 heteroatoms. The molecule has 1 heterocycles. The summed E-state index contributed by atoms with van der Waals surface area (Å²) in [5.74, 6) is 4.65. The highest BCUT2D eigenvalue weighted by atomic mass is 16.2. The van der Waals surface area contributed by atoms with E-state index in [9.17, 15) is 9.59 Å². The molecule has 17 heavy (non-hydrogen) atoms. The molecule has 0 saturated carbocycles. The molecule has 0 saturated heterocycles. The van der Waals surface area contributed by atoms with Crippen LogP contribution in [0.15, 0.2) is 35.4 Å². The van der Waals surface area contributed by atoms with Gasteiger partial charge in [-0.15, -0.1) is 0 Å². The van der Waals surface area contributed by atoms with Crippen LogP contribution in [0.1, 0.15) is 6.42 Å². The molecule has 0 bridgehead atoms. The van der Waals surface area contributed by atoms with Crippen LogP contribution in [0.25, 0.3) is 10.9 Å². The van der Waals surface area contributed by atoms with Gasteiger partial charge in [0.2, 0.25) is 5.91 Å². The molecule has 3 N–H and O–H groups in total. The van der Waals surface area contributed by atoms with Crippen molar-refractivity contribution in [1.29, 1.82) is 0 Å². The monoisotopic (exact) mass is 232 g/mol. The molecule has 0 spiro atoms. The maximum atomic E-state index is 12.0. The number of carbonyl (C=O) groups is 1. The van der Waals surface area contributed by atoms with Crippen LogP contribution in [-0.4, -0.2) is 15.5 Å². The van der Waals surface area contributed by atoms with E-state index in [4.69, 9.17) is 5.84 Å².